The van der Waals surface area contributed by atoms with E-state index in [-0.39, 0.29) is 11.5 Å². The number of anilines is 1. The Morgan fingerprint density at radius 2 is 2.06 bits per heavy atom. The molecule has 4 heterocycles. The van der Waals surface area contributed by atoms with E-state index in [1.807, 2.05) is 6.07 Å². The normalized spacial score (nSPS) is 25.0. The van der Waals surface area contributed by atoms with E-state index in [1.165, 1.54) is 16.9 Å². The number of rotatable bonds is 5. The number of aliphatic hydroxyl groups excluding tert-OH is 2. The summed E-state index contributed by atoms with van der Waals surface area (Å²) in [5, 5.41) is 35.2. The number of aromatic nitrogens is 4. The SMILES string of the molecule is CC(C)(OC(=O)OC[C@H]1O[C@@](C#N)(c2ccc3c(N)ncnn23)[C@H](O)[C@@H]1O)c1ccncc1. The molecule has 0 spiro atoms. The fourth-order valence-electron chi connectivity index (χ4n) is 3.75. The average Bonchev–Trinajstić information content (AvgIpc) is 3.34. The van der Waals surface area contributed by atoms with Crippen molar-refractivity contribution in [1.82, 2.24) is 19.6 Å². The topological polar surface area (TPSA) is 178 Å². The molecule has 1 saturated heterocycles. The van der Waals surface area contributed by atoms with Gasteiger partial charge in [0.25, 0.3) is 0 Å². The van der Waals surface area contributed by atoms with Crippen molar-refractivity contribution in [3.05, 3.63) is 54.2 Å². The summed E-state index contributed by atoms with van der Waals surface area (Å²) in [5.41, 5.74) is 4.08. The number of nitrogens with zero attached hydrogens (tertiary/aromatic N) is 5. The number of ether oxygens (including phenoxy) is 3. The standard InChI is InChI=1S/C21H22N6O6/c1-20(2,12-5-7-24-8-6-12)33-19(30)31-9-14-16(28)17(29)21(10-22,32-14)15-4-3-13-18(23)25-11-26-27(13)15/h3-8,11,14,16-17,28-29H,9H2,1-2H3,(H2,23,25,26)/t14-,16-,17-,21+/m1/s1. The van der Waals surface area contributed by atoms with Crippen LogP contribution in [0.5, 0.6) is 0 Å². The van der Waals surface area contributed by atoms with Crippen molar-refractivity contribution in [1.29, 1.82) is 5.26 Å². The average molecular weight is 454 g/mol. The first-order valence-electron chi connectivity index (χ1n) is 10.00. The van der Waals surface area contributed by atoms with Crippen molar-refractivity contribution in [3.63, 3.8) is 0 Å². The van der Waals surface area contributed by atoms with Crippen LogP contribution in [-0.2, 0) is 25.4 Å². The minimum atomic E-state index is -1.99. The largest absolute Gasteiger partial charge is 0.509 e. The molecule has 3 aromatic heterocycles. The van der Waals surface area contributed by atoms with Crippen molar-refractivity contribution in [2.45, 2.75) is 43.4 Å². The maximum Gasteiger partial charge on any atom is 0.509 e. The number of hydrogen-bond acceptors (Lipinski definition) is 11. The summed E-state index contributed by atoms with van der Waals surface area (Å²) in [4.78, 5) is 20.1. The summed E-state index contributed by atoms with van der Waals surface area (Å²) in [5.74, 6) is 0.164. The van der Waals surface area contributed by atoms with Crippen LogP contribution in [0.1, 0.15) is 25.1 Å². The molecule has 4 atom stereocenters. The molecular weight excluding hydrogens is 432 g/mol. The highest BCUT2D eigenvalue weighted by Gasteiger charge is 2.58. The number of carbonyl (C=O) groups is 1. The lowest BCUT2D eigenvalue weighted by Gasteiger charge is -2.25. The van der Waals surface area contributed by atoms with E-state index in [1.54, 1.807) is 44.4 Å². The second kappa shape index (κ2) is 8.28. The molecule has 0 amide bonds. The molecule has 1 aliphatic heterocycles. The number of nitriles is 1. The zero-order valence-electron chi connectivity index (χ0n) is 17.8. The molecule has 0 unspecified atom stereocenters. The van der Waals surface area contributed by atoms with Crippen LogP contribution in [0.25, 0.3) is 5.52 Å². The Labute approximate surface area is 188 Å². The summed E-state index contributed by atoms with van der Waals surface area (Å²) in [7, 11) is 0. The molecule has 0 aromatic carbocycles. The van der Waals surface area contributed by atoms with Crippen molar-refractivity contribution in [3.8, 4) is 6.07 Å². The summed E-state index contributed by atoms with van der Waals surface area (Å²) >= 11 is 0. The Morgan fingerprint density at radius 1 is 1.33 bits per heavy atom. The highest BCUT2D eigenvalue weighted by molar-refractivity contribution is 5.66. The summed E-state index contributed by atoms with van der Waals surface area (Å²) < 4.78 is 17.6. The minimum Gasteiger partial charge on any atom is -0.431 e. The van der Waals surface area contributed by atoms with Gasteiger partial charge in [-0.15, -0.1) is 0 Å². The smallest absolute Gasteiger partial charge is 0.431 e. The molecule has 0 bridgehead atoms. The van der Waals surface area contributed by atoms with E-state index in [2.05, 4.69) is 15.1 Å². The zero-order chi connectivity index (χ0) is 23.8. The van der Waals surface area contributed by atoms with Gasteiger partial charge in [-0.1, -0.05) is 0 Å². The number of nitrogens with two attached hydrogens (primary N) is 1. The maximum atomic E-state index is 12.3. The van der Waals surface area contributed by atoms with Crippen molar-refractivity contribution in [2.24, 2.45) is 0 Å². The lowest BCUT2D eigenvalue weighted by molar-refractivity contribution is -0.0812. The Kier molecular flexibility index (Phi) is 5.62. The van der Waals surface area contributed by atoms with Gasteiger partial charge in [-0.2, -0.15) is 10.4 Å². The molecular formula is C21H22N6O6. The molecule has 3 aromatic rings. The van der Waals surface area contributed by atoms with Crippen molar-refractivity contribution in [2.75, 3.05) is 12.3 Å². The molecule has 4 rings (SSSR count). The first-order chi connectivity index (χ1) is 15.7. The fraction of sp³-hybridized carbons (Fsp3) is 0.381. The lowest BCUT2D eigenvalue weighted by atomic mass is 9.92. The molecule has 1 aliphatic rings. The third-order valence-corrected chi connectivity index (χ3v) is 5.57. The van der Waals surface area contributed by atoms with E-state index in [4.69, 9.17) is 19.9 Å². The van der Waals surface area contributed by atoms with Gasteiger partial charge in [0, 0.05) is 12.4 Å². The number of fused-ring (bicyclic) bond motifs is 1. The van der Waals surface area contributed by atoms with Gasteiger partial charge in [-0.3, -0.25) is 4.98 Å². The number of hydrogen-bond donors (Lipinski definition) is 3. The second-order valence-corrected chi connectivity index (χ2v) is 8.01. The number of aliphatic hydroxyl groups is 2. The summed E-state index contributed by atoms with van der Waals surface area (Å²) in [6.07, 6.45) is -1.07. The van der Waals surface area contributed by atoms with Crippen LogP contribution < -0.4 is 5.73 Å². The minimum absolute atomic E-state index is 0.143. The molecule has 0 radical (unpaired) electrons. The van der Waals surface area contributed by atoms with Gasteiger partial charge in [0.05, 0.1) is 5.69 Å². The highest BCUT2D eigenvalue weighted by atomic mass is 16.7. The van der Waals surface area contributed by atoms with E-state index < -0.39 is 42.3 Å². The van der Waals surface area contributed by atoms with Gasteiger partial charge in [-0.25, -0.2) is 14.3 Å². The fourth-order valence-corrected chi connectivity index (χ4v) is 3.75. The number of pyridine rings is 1. The van der Waals surface area contributed by atoms with Crippen LogP contribution in [-0.4, -0.2) is 60.9 Å². The third kappa shape index (κ3) is 3.82. The number of nitrogen functional groups attached to an aromatic ring is 1. The van der Waals surface area contributed by atoms with Crippen molar-refractivity contribution < 1.29 is 29.2 Å². The molecule has 33 heavy (non-hydrogen) atoms. The van der Waals surface area contributed by atoms with Gasteiger partial charge < -0.3 is 30.2 Å². The molecule has 4 N–H and O–H groups in total. The Hall–Kier alpha value is -3.79. The van der Waals surface area contributed by atoms with Gasteiger partial charge in [0.15, 0.2) is 5.82 Å². The Bertz CT molecular complexity index is 1210. The molecule has 12 nitrogen and oxygen atoms in total. The molecule has 12 heteroatoms. The van der Waals surface area contributed by atoms with Gasteiger partial charge in [0.2, 0.25) is 5.60 Å². The van der Waals surface area contributed by atoms with Crippen molar-refractivity contribution >= 4 is 17.5 Å². The third-order valence-electron chi connectivity index (χ3n) is 5.57. The monoisotopic (exact) mass is 454 g/mol. The van der Waals surface area contributed by atoms with Crippen LogP contribution >= 0.6 is 0 Å². The second-order valence-electron chi connectivity index (χ2n) is 8.01. The first kappa shape index (κ1) is 22.4. The Balaban J connectivity index is 1.49. The van der Waals surface area contributed by atoms with Crippen LogP contribution in [0.2, 0.25) is 0 Å². The van der Waals surface area contributed by atoms with E-state index in [0.717, 1.165) is 0 Å². The quantitative estimate of drug-likeness (QED) is 0.461. The zero-order valence-corrected chi connectivity index (χ0v) is 17.8. The molecule has 1 fully saturated rings. The van der Waals surface area contributed by atoms with Crippen LogP contribution in [0.3, 0.4) is 0 Å². The highest BCUT2D eigenvalue weighted by Crippen LogP contribution is 2.40. The summed E-state index contributed by atoms with van der Waals surface area (Å²) in [6.45, 7) is 2.90. The van der Waals surface area contributed by atoms with Gasteiger partial charge >= 0.3 is 6.16 Å². The molecule has 0 aliphatic carbocycles. The van der Waals surface area contributed by atoms with Gasteiger partial charge in [0.1, 0.15) is 48.4 Å². The van der Waals surface area contributed by atoms with Crippen LogP contribution in [0.4, 0.5) is 10.6 Å². The molecule has 0 saturated carbocycles. The number of carbonyl (C=O) groups excluding carboxylic acids is 1. The van der Waals surface area contributed by atoms with Crippen LogP contribution in [0, 0.1) is 11.3 Å². The lowest BCUT2D eigenvalue weighted by Crippen LogP contribution is -2.41. The summed E-state index contributed by atoms with van der Waals surface area (Å²) in [6, 6.07) is 8.38. The first-order valence-corrected chi connectivity index (χ1v) is 10.00. The van der Waals surface area contributed by atoms with Crippen LogP contribution in [0.15, 0.2) is 43.0 Å². The Morgan fingerprint density at radius 3 is 2.76 bits per heavy atom. The predicted molar refractivity (Wildman–Crippen MR) is 111 cm³/mol. The van der Waals surface area contributed by atoms with E-state index >= 15 is 0 Å². The van der Waals surface area contributed by atoms with E-state index in [0.29, 0.717) is 11.1 Å². The maximum absolute atomic E-state index is 12.3. The van der Waals surface area contributed by atoms with Gasteiger partial charge in [-0.05, 0) is 43.7 Å². The molecule has 172 valence electrons. The predicted octanol–water partition coefficient (Wildman–Crippen LogP) is 0.634. The van der Waals surface area contributed by atoms with E-state index in [9.17, 15) is 20.3 Å².